The Hall–Kier alpha value is -3.87. The number of para-hydroxylation sites is 1. The largest absolute Gasteiger partial charge is 0.505 e. The first kappa shape index (κ1) is 20.4. The quantitative estimate of drug-likeness (QED) is 0.247. The number of aromatic nitrogens is 1. The highest BCUT2D eigenvalue weighted by molar-refractivity contribution is 6.09. The number of oxime groups is 2. The number of phenols is 1. The molecule has 0 aliphatic rings. The highest BCUT2D eigenvalue weighted by Gasteiger charge is 2.09. The molecule has 1 heterocycles. The zero-order valence-electron chi connectivity index (χ0n) is 17.0. The number of hydrogen-bond acceptors (Lipinski definition) is 5. The summed E-state index contributed by atoms with van der Waals surface area (Å²) in [5.41, 5.74) is 3.84. The third-order valence-corrected chi connectivity index (χ3v) is 4.90. The Morgan fingerprint density at radius 3 is 2.23 bits per heavy atom. The van der Waals surface area contributed by atoms with E-state index in [9.17, 15) is 4.39 Å². The zero-order valence-corrected chi connectivity index (χ0v) is 17.0. The molecular formula is C24H22FN3O3. The molecule has 0 aliphatic heterocycles. The topological polar surface area (TPSA) is 68.3 Å². The number of phenolic OH excluding ortho intramolecular Hbond substituents is 1. The molecule has 0 radical (unpaired) electrons. The SMILES string of the molecule is CCn1c2ccccc2c2cc(/C=N/OCCO/N=C/c3ccc(O)c(F)c3)ccc21. The number of hydrogen-bond donors (Lipinski definition) is 1. The number of aromatic hydroxyl groups is 1. The minimum absolute atomic E-state index is 0.192. The second-order valence-corrected chi connectivity index (χ2v) is 6.88. The summed E-state index contributed by atoms with van der Waals surface area (Å²) in [6.07, 6.45) is 3.02. The van der Waals surface area contributed by atoms with Crippen LogP contribution in [0.5, 0.6) is 5.75 Å². The van der Waals surface area contributed by atoms with Crippen molar-refractivity contribution < 1.29 is 19.2 Å². The van der Waals surface area contributed by atoms with E-state index >= 15 is 0 Å². The van der Waals surface area contributed by atoms with Gasteiger partial charge in [0.2, 0.25) is 0 Å². The van der Waals surface area contributed by atoms with Crippen LogP contribution in [0.1, 0.15) is 18.1 Å². The lowest BCUT2D eigenvalue weighted by molar-refractivity contribution is 0.0553. The summed E-state index contributed by atoms with van der Waals surface area (Å²) < 4.78 is 15.5. The molecule has 0 bridgehead atoms. The molecule has 158 valence electrons. The fraction of sp³-hybridized carbons (Fsp3) is 0.167. The summed E-state index contributed by atoms with van der Waals surface area (Å²) in [6, 6.07) is 18.5. The highest BCUT2D eigenvalue weighted by Crippen LogP contribution is 2.29. The average Bonchev–Trinajstić information content (AvgIpc) is 3.11. The first-order chi connectivity index (χ1) is 15.2. The third kappa shape index (κ3) is 4.50. The molecule has 0 fully saturated rings. The van der Waals surface area contributed by atoms with Crippen LogP contribution in [0, 0.1) is 5.82 Å². The van der Waals surface area contributed by atoms with Crippen molar-refractivity contribution in [3.05, 3.63) is 77.6 Å². The van der Waals surface area contributed by atoms with Crippen LogP contribution >= 0.6 is 0 Å². The molecule has 6 nitrogen and oxygen atoms in total. The lowest BCUT2D eigenvalue weighted by Gasteiger charge is -2.02. The van der Waals surface area contributed by atoms with Gasteiger partial charge in [0.15, 0.2) is 24.8 Å². The number of benzene rings is 3. The van der Waals surface area contributed by atoms with Gasteiger partial charge in [0.05, 0.1) is 12.4 Å². The number of fused-ring (bicyclic) bond motifs is 3. The Balaban J connectivity index is 1.31. The summed E-state index contributed by atoms with van der Waals surface area (Å²) in [5, 5.41) is 19.3. The minimum atomic E-state index is -0.709. The molecule has 0 atom stereocenters. The predicted molar refractivity (Wildman–Crippen MR) is 120 cm³/mol. The van der Waals surface area contributed by atoms with Crippen LogP contribution in [0.3, 0.4) is 0 Å². The second kappa shape index (κ2) is 9.30. The second-order valence-electron chi connectivity index (χ2n) is 6.88. The molecule has 31 heavy (non-hydrogen) atoms. The van der Waals surface area contributed by atoms with Gasteiger partial charge in [-0.05, 0) is 54.4 Å². The van der Waals surface area contributed by atoms with Crippen molar-refractivity contribution in [1.29, 1.82) is 0 Å². The van der Waals surface area contributed by atoms with Crippen LogP contribution in [0.4, 0.5) is 4.39 Å². The first-order valence-electron chi connectivity index (χ1n) is 9.97. The molecule has 0 amide bonds. The predicted octanol–water partition coefficient (Wildman–Crippen LogP) is 5.06. The van der Waals surface area contributed by atoms with Crippen molar-refractivity contribution in [2.45, 2.75) is 13.5 Å². The maximum Gasteiger partial charge on any atom is 0.165 e. The maximum absolute atomic E-state index is 13.2. The number of nitrogens with zero attached hydrogens (tertiary/aromatic N) is 3. The molecule has 3 aromatic carbocycles. The molecule has 7 heteroatoms. The van der Waals surface area contributed by atoms with E-state index in [1.807, 2.05) is 12.1 Å². The first-order valence-corrected chi connectivity index (χ1v) is 9.97. The fourth-order valence-corrected chi connectivity index (χ4v) is 3.47. The van der Waals surface area contributed by atoms with E-state index in [4.69, 9.17) is 14.8 Å². The van der Waals surface area contributed by atoms with Gasteiger partial charge < -0.3 is 19.3 Å². The monoisotopic (exact) mass is 419 g/mol. The van der Waals surface area contributed by atoms with Gasteiger partial charge >= 0.3 is 0 Å². The summed E-state index contributed by atoms with van der Waals surface area (Å²) in [7, 11) is 0. The molecule has 4 rings (SSSR count). The van der Waals surface area contributed by atoms with E-state index in [2.05, 4.69) is 52.1 Å². The number of aryl methyl sites for hydroxylation is 1. The Morgan fingerprint density at radius 1 is 0.871 bits per heavy atom. The van der Waals surface area contributed by atoms with E-state index in [-0.39, 0.29) is 13.2 Å². The van der Waals surface area contributed by atoms with E-state index in [1.165, 1.54) is 40.2 Å². The molecule has 0 spiro atoms. The molecule has 1 N–H and O–H groups in total. The Kier molecular flexibility index (Phi) is 6.12. The van der Waals surface area contributed by atoms with Crippen molar-refractivity contribution in [2.75, 3.05) is 13.2 Å². The van der Waals surface area contributed by atoms with Crippen molar-refractivity contribution in [2.24, 2.45) is 10.3 Å². The summed E-state index contributed by atoms with van der Waals surface area (Å²) in [5.74, 6) is -1.11. The smallest absolute Gasteiger partial charge is 0.165 e. The molecule has 0 saturated heterocycles. The molecule has 0 unspecified atom stereocenters. The zero-order chi connectivity index (χ0) is 21.6. The number of rotatable bonds is 8. The van der Waals surface area contributed by atoms with Crippen molar-refractivity contribution in [3.63, 3.8) is 0 Å². The van der Waals surface area contributed by atoms with E-state index in [0.29, 0.717) is 5.56 Å². The van der Waals surface area contributed by atoms with Crippen LogP contribution in [-0.2, 0) is 16.2 Å². The van der Waals surface area contributed by atoms with Gasteiger partial charge in [0, 0.05) is 28.4 Å². The van der Waals surface area contributed by atoms with Gasteiger partial charge in [0.25, 0.3) is 0 Å². The van der Waals surface area contributed by atoms with Gasteiger partial charge in [0.1, 0.15) is 0 Å². The van der Waals surface area contributed by atoms with Gasteiger partial charge in [-0.15, -0.1) is 0 Å². The van der Waals surface area contributed by atoms with Crippen LogP contribution in [-0.4, -0.2) is 35.3 Å². The lowest BCUT2D eigenvalue weighted by atomic mass is 10.1. The van der Waals surface area contributed by atoms with Crippen LogP contribution in [0.2, 0.25) is 0 Å². The summed E-state index contributed by atoms with van der Waals surface area (Å²) in [4.78, 5) is 10.3. The number of halogens is 1. The van der Waals surface area contributed by atoms with E-state index in [0.717, 1.165) is 18.2 Å². The molecule has 1 aromatic heterocycles. The lowest BCUT2D eigenvalue weighted by Crippen LogP contribution is -1.98. The summed E-state index contributed by atoms with van der Waals surface area (Å²) in [6.45, 7) is 3.46. The van der Waals surface area contributed by atoms with E-state index < -0.39 is 11.6 Å². The van der Waals surface area contributed by atoms with Gasteiger partial charge in [-0.3, -0.25) is 0 Å². The summed E-state index contributed by atoms with van der Waals surface area (Å²) >= 11 is 0. The molecule has 0 aliphatic carbocycles. The van der Waals surface area contributed by atoms with Crippen LogP contribution in [0.25, 0.3) is 21.8 Å². The van der Waals surface area contributed by atoms with Gasteiger partial charge in [-0.1, -0.05) is 34.6 Å². The standard InChI is InChI=1S/C24H22FN3O3/c1-2-28-22-6-4-3-5-19(22)20-13-17(7-9-23(20)28)15-26-30-11-12-31-27-16-18-8-10-24(29)21(25)14-18/h3-10,13-16,29H,2,11-12H2,1H3/b26-15+,27-16+. The van der Waals surface area contributed by atoms with Crippen LogP contribution in [0.15, 0.2) is 71.0 Å². The molecule has 4 aromatic rings. The van der Waals surface area contributed by atoms with Gasteiger partial charge in [-0.25, -0.2) is 4.39 Å². The third-order valence-electron chi connectivity index (χ3n) is 4.90. The van der Waals surface area contributed by atoms with Gasteiger partial charge in [-0.2, -0.15) is 0 Å². The van der Waals surface area contributed by atoms with Crippen molar-refractivity contribution in [3.8, 4) is 5.75 Å². The minimum Gasteiger partial charge on any atom is -0.505 e. The normalized spacial score (nSPS) is 11.8. The Labute approximate surface area is 178 Å². The fourth-order valence-electron chi connectivity index (χ4n) is 3.47. The van der Waals surface area contributed by atoms with Crippen molar-refractivity contribution in [1.82, 2.24) is 4.57 Å². The van der Waals surface area contributed by atoms with Crippen LogP contribution < -0.4 is 0 Å². The maximum atomic E-state index is 13.2. The van der Waals surface area contributed by atoms with Crippen molar-refractivity contribution >= 4 is 34.2 Å². The Morgan fingerprint density at radius 2 is 1.52 bits per heavy atom. The molecular weight excluding hydrogens is 397 g/mol. The van der Waals surface area contributed by atoms with E-state index in [1.54, 1.807) is 6.21 Å². The molecule has 0 saturated carbocycles. The highest BCUT2D eigenvalue weighted by atomic mass is 19.1. The average molecular weight is 419 g/mol. The Bertz CT molecular complexity index is 1260.